The lowest BCUT2D eigenvalue weighted by Crippen LogP contribution is -2.42. The fraction of sp³-hybridized carbons (Fsp3) is 0.688. The Kier molecular flexibility index (Phi) is 4.76. The van der Waals surface area contributed by atoms with Crippen LogP contribution in [0.2, 0.25) is 0 Å². The van der Waals surface area contributed by atoms with Crippen molar-refractivity contribution in [1.29, 1.82) is 0 Å². The van der Waals surface area contributed by atoms with Crippen LogP contribution in [0, 0.1) is 17.8 Å². The third-order valence-corrected chi connectivity index (χ3v) is 4.34. The first-order valence-corrected chi connectivity index (χ1v) is 7.29. The topological polar surface area (TPSA) is 24.9 Å². The number of nitrogens with zero attached hydrogens (tertiary/aromatic N) is 1. The standard InChI is InChI=1S/C16H26N2/c1-12(2)15-5-4-13(3)10-16(15)18-11-14-6-8-17-9-7-14/h6-9,12-13,15-16,18H,4-5,10-11H2,1-3H3. The molecule has 1 aromatic heterocycles. The molecule has 18 heavy (non-hydrogen) atoms. The molecule has 0 spiro atoms. The molecule has 1 aromatic rings. The highest BCUT2D eigenvalue weighted by molar-refractivity contribution is 5.09. The molecule has 0 aliphatic heterocycles. The highest BCUT2D eigenvalue weighted by Crippen LogP contribution is 2.33. The van der Waals surface area contributed by atoms with Crippen molar-refractivity contribution in [3.8, 4) is 0 Å². The zero-order chi connectivity index (χ0) is 13.0. The van der Waals surface area contributed by atoms with Gasteiger partial charge in [0, 0.05) is 25.0 Å². The van der Waals surface area contributed by atoms with Crippen molar-refractivity contribution in [3.63, 3.8) is 0 Å². The van der Waals surface area contributed by atoms with Crippen LogP contribution in [0.15, 0.2) is 24.5 Å². The Morgan fingerprint density at radius 3 is 2.67 bits per heavy atom. The molecule has 0 aromatic carbocycles. The number of nitrogens with one attached hydrogen (secondary N) is 1. The summed E-state index contributed by atoms with van der Waals surface area (Å²) in [5.41, 5.74) is 1.34. The summed E-state index contributed by atoms with van der Waals surface area (Å²) in [5.74, 6) is 2.49. The van der Waals surface area contributed by atoms with Crippen LogP contribution in [-0.4, -0.2) is 11.0 Å². The Balaban J connectivity index is 1.92. The molecule has 2 heteroatoms. The van der Waals surface area contributed by atoms with Crippen LogP contribution in [0.3, 0.4) is 0 Å². The molecule has 1 heterocycles. The van der Waals surface area contributed by atoms with Crippen molar-refractivity contribution < 1.29 is 0 Å². The lowest BCUT2D eigenvalue weighted by atomic mass is 9.74. The summed E-state index contributed by atoms with van der Waals surface area (Å²) in [4.78, 5) is 4.07. The van der Waals surface area contributed by atoms with Crippen molar-refractivity contribution >= 4 is 0 Å². The zero-order valence-electron chi connectivity index (χ0n) is 11.9. The van der Waals surface area contributed by atoms with Gasteiger partial charge in [-0.3, -0.25) is 4.98 Å². The summed E-state index contributed by atoms with van der Waals surface area (Å²) >= 11 is 0. The molecule has 1 N–H and O–H groups in total. The van der Waals surface area contributed by atoms with Gasteiger partial charge in [-0.15, -0.1) is 0 Å². The second-order valence-corrected chi connectivity index (χ2v) is 6.17. The second kappa shape index (κ2) is 6.33. The van der Waals surface area contributed by atoms with Gasteiger partial charge in [-0.25, -0.2) is 0 Å². The molecule has 0 radical (unpaired) electrons. The Morgan fingerprint density at radius 1 is 1.28 bits per heavy atom. The molecular formula is C16H26N2. The molecule has 2 rings (SSSR count). The summed E-state index contributed by atoms with van der Waals surface area (Å²) in [7, 11) is 0. The van der Waals surface area contributed by atoms with E-state index in [0.717, 1.165) is 24.3 Å². The minimum Gasteiger partial charge on any atom is -0.310 e. The van der Waals surface area contributed by atoms with Crippen molar-refractivity contribution in [2.24, 2.45) is 17.8 Å². The third-order valence-electron chi connectivity index (χ3n) is 4.34. The highest BCUT2D eigenvalue weighted by atomic mass is 14.9. The highest BCUT2D eigenvalue weighted by Gasteiger charge is 2.30. The summed E-state index contributed by atoms with van der Waals surface area (Å²) in [6.07, 6.45) is 7.86. The molecule has 1 saturated carbocycles. The van der Waals surface area contributed by atoms with Gasteiger partial charge in [0.1, 0.15) is 0 Å². The van der Waals surface area contributed by atoms with Crippen LogP contribution >= 0.6 is 0 Å². The molecule has 100 valence electrons. The van der Waals surface area contributed by atoms with Gasteiger partial charge < -0.3 is 5.32 Å². The van der Waals surface area contributed by atoms with Crippen LogP contribution in [0.1, 0.15) is 45.6 Å². The van der Waals surface area contributed by atoms with Crippen molar-refractivity contribution in [2.75, 3.05) is 0 Å². The van der Waals surface area contributed by atoms with E-state index in [1.54, 1.807) is 0 Å². The van der Waals surface area contributed by atoms with Crippen LogP contribution in [0.4, 0.5) is 0 Å². The normalized spacial score (nSPS) is 28.6. The van der Waals surface area contributed by atoms with Gasteiger partial charge in [0.2, 0.25) is 0 Å². The first-order valence-electron chi connectivity index (χ1n) is 7.29. The van der Waals surface area contributed by atoms with E-state index in [4.69, 9.17) is 0 Å². The predicted molar refractivity (Wildman–Crippen MR) is 76.2 cm³/mol. The second-order valence-electron chi connectivity index (χ2n) is 6.17. The van der Waals surface area contributed by atoms with Gasteiger partial charge in [0.05, 0.1) is 0 Å². The molecule has 3 unspecified atom stereocenters. The molecule has 1 aliphatic rings. The van der Waals surface area contributed by atoms with E-state index in [9.17, 15) is 0 Å². The van der Waals surface area contributed by atoms with Gasteiger partial charge in [0.15, 0.2) is 0 Å². The maximum Gasteiger partial charge on any atom is 0.0271 e. The Morgan fingerprint density at radius 2 is 2.00 bits per heavy atom. The molecule has 1 aliphatic carbocycles. The van der Waals surface area contributed by atoms with E-state index in [-0.39, 0.29) is 0 Å². The smallest absolute Gasteiger partial charge is 0.0271 e. The lowest BCUT2D eigenvalue weighted by Gasteiger charge is -2.38. The number of hydrogen-bond acceptors (Lipinski definition) is 2. The summed E-state index contributed by atoms with van der Waals surface area (Å²) in [5, 5.41) is 3.77. The predicted octanol–water partition coefficient (Wildman–Crippen LogP) is 3.63. The average molecular weight is 246 g/mol. The largest absolute Gasteiger partial charge is 0.310 e. The van der Waals surface area contributed by atoms with E-state index in [1.165, 1.54) is 24.8 Å². The summed E-state index contributed by atoms with van der Waals surface area (Å²) < 4.78 is 0. The Labute approximate surface area is 111 Å². The summed E-state index contributed by atoms with van der Waals surface area (Å²) in [6, 6.07) is 4.88. The number of aromatic nitrogens is 1. The molecule has 0 bridgehead atoms. The summed E-state index contributed by atoms with van der Waals surface area (Å²) in [6.45, 7) is 8.09. The van der Waals surface area contributed by atoms with Crippen LogP contribution in [0.25, 0.3) is 0 Å². The van der Waals surface area contributed by atoms with Crippen LogP contribution in [0.5, 0.6) is 0 Å². The molecule has 1 fully saturated rings. The van der Waals surface area contributed by atoms with E-state index in [0.29, 0.717) is 6.04 Å². The number of pyridine rings is 1. The van der Waals surface area contributed by atoms with Crippen molar-refractivity contribution in [1.82, 2.24) is 10.3 Å². The third kappa shape index (κ3) is 3.55. The van der Waals surface area contributed by atoms with E-state index in [1.807, 2.05) is 12.4 Å². The molecule has 0 saturated heterocycles. The SMILES string of the molecule is CC1CCC(C(C)C)C(NCc2ccncc2)C1. The van der Waals surface area contributed by atoms with E-state index >= 15 is 0 Å². The van der Waals surface area contributed by atoms with E-state index < -0.39 is 0 Å². The number of rotatable bonds is 4. The Hall–Kier alpha value is -0.890. The van der Waals surface area contributed by atoms with E-state index in [2.05, 4.69) is 43.2 Å². The minimum absolute atomic E-state index is 0.682. The Bertz CT molecular complexity index is 347. The van der Waals surface area contributed by atoms with Gasteiger partial charge in [-0.1, -0.05) is 27.2 Å². The van der Waals surface area contributed by atoms with Crippen LogP contribution < -0.4 is 5.32 Å². The quantitative estimate of drug-likeness (QED) is 0.877. The van der Waals surface area contributed by atoms with Crippen LogP contribution in [-0.2, 0) is 6.54 Å². The fourth-order valence-corrected chi connectivity index (χ4v) is 3.19. The lowest BCUT2D eigenvalue weighted by molar-refractivity contribution is 0.169. The average Bonchev–Trinajstić information content (AvgIpc) is 2.37. The van der Waals surface area contributed by atoms with Crippen molar-refractivity contribution in [2.45, 2.75) is 52.6 Å². The van der Waals surface area contributed by atoms with Crippen molar-refractivity contribution in [3.05, 3.63) is 30.1 Å². The monoisotopic (exact) mass is 246 g/mol. The fourth-order valence-electron chi connectivity index (χ4n) is 3.19. The van der Waals surface area contributed by atoms with Gasteiger partial charge in [-0.05, 0) is 48.3 Å². The first kappa shape index (κ1) is 13.5. The molecular weight excluding hydrogens is 220 g/mol. The van der Waals surface area contributed by atoms with Gasteiger partial charge in [-0.2, -0.15) is 0 Å². The maximum absolute atomic E-state index is 4.07. The maximum atomic E-state index is 4.07. The molecule has 0 amide bonds. The van der Waals surface area contributed by atoms with Gasteiger partial charge in [0.25, 0.3) is 0 Å². The minimum atomic E-state index is 0.682. The zero-order valence-corrected chi connectivity index (χ0v) is 11.9. The van der Waals surface area contributed by atoms with Gasteiger partial charge >= 0.3 is 0 Å². The first-order chi connectivity index (χ1) is 8.66. The number of hydrogen-bond donors (Lipinski definition) is 1. The molecule has 3 atom stereocenters. The molecule has 2 nitrogen and oxygen atoms in total.